The number of thiophene rings is 1. The molecule has 84 valence electrons. The van der Waals surface area contributed by atoms with Gasteiger partial charge >= 0.3 is 0 Å². The van der Waals surface area contributed by atoms with Crippen molar-refractivity contribution in [3.05, 3.63) is 17.3 Å². The van der Waals surface area contributed by atoms with E-state index in [0.29, 0.717) is 0 Å². The summed E-state index contributed by atoms with van der Waals surface area (Å²) in [5.74, 6) is 1.85. The second kappa shape index (κ2) is 4.01. The van der Waals surface area contributed by atoms with Crippen LogP contribution in [0.3, 0.4) is 0 Å². The van der Waals surface area contributed by atoms with Crippen LogP contribution in [-0.2, 0) is 0 Å². The van der Waals surface area contributed by atoms with E-state index in [-0.39, 0.29) is 0 Å². The van der Waals surface area contributed by atoms with Gasteiger partial charge in [-0.1, -0.05) is 6.42 Å². The molecular weight excluding hydrogens is 218 g/mol. The predicted octanol–water partition coefficient (Wildman–Crippen LogP) is 3.21. The van der Waals surface area contributed by atoms with Crippen molar-refractivity contribution < 1.29 is 0 Å². The first-order chi connectivity index (χ1) is 7.83. The Kier molecular flexibility index (Phi) is 2.52. The normalized spacial score (nSPS) is 16.3. The molecule has 2 aromatic heterocycles. The van der Waals surface area contributed by atoms with Crippen LogP contribution in [0.25, 0.3) is 10.2 Å². The van der Waals surface area contributed by atoms with Crippen LogP contribution in [0.5, 0.6) is 0 Å². The number of aryl methyl sites for hydroxylation is 1. The van der Waals surface area contributed by atoms with Gasteiger partial charge in [-0.2, -0.15) is 0 Å². The zero-order chi connectivity index (χ0) is 11.0. The molecule has 0 saturated heterocycles. The number of rotatable bonds is 3. The SMILES string of the molecule is Cc1cc2c(NCC3CCC3)ncnc2s1. The van der Waals surface area contributed by atoms with Gasteiger partial charge in [0.2, 0.25) is 0 Å². The molecule has 0 aromatic carbocycles. The Bertz CT molecular complexity index is 502. The Labute approximate surface area is 98.9 Å². The fourth-order valence-electron chi connectivity index (χ4n) is 2.05. The minimum absolute atomic E-state index is 0.852. The maximum atomic E-state index is 4.34. The second-order valence-corrected chi connectivity index (χ2v) is 5.71. The maximum Gasteiger partial charge on any atom is 0.138 e. The first-order valence-electron chi connectivity index (χ1n) is 5.78. The van der Waals surface area contributed by atoms with E-state index in [1.807, 2.05) is 0 Å². The minimum Gasteiger partial charge on any atom is -0.369 e. The third-order valence-electron chi connectivity index (χ3n) is 3.24. The summed E-state index contributed by atoms with van der Waals surface area (Å²) < 4.78 is 0. The van der Waals surface area contributed by atoms with Gasteiger partial charge in [0, 0.05) is 11.4 Å². The van der Waals surface area contributed by atoms with Crippen molar-refractivity contribution in [3.63, 3.8) is 0 Å². The molecule has 0 radical (unpaired) electrons. The Morgan fingerprint density at radius 1 is 1.44 bits per heavy atom. The highest BCUT2D eigenvalue weighted by Crippen LogP contribution is 2.29. The summed E-state index contributed by atoms with van der Waals surface area (Å²) in [6, 6.07) is 2.17. The van der Waals surface area contributed by atoms with E-state index in [1.165, 1.54) is 29.5 Å². The van der Waals surface area contributed by atoms with Crippen molar-refractivity contribution >= 4 is 27.4 Å². The van der Waals surface area contributed by atoms with Crippen LogP contribution in [0.15, 0.2) is 12.4 Å². The molecule has 4 heteroatoms. The minimum atomic E-state index is 0.852. The lowest BCUT2D eigenvalue weighted by atomic mass is 9.85. The zero-order valence-corrected chi connectivity index (χ0v) is 10.2. The summed E-state index contributed by atoms with van der Waals surface area (Å²) >= 11 is 1.73. The number of nitrogens with zero attached hydrogens (tertiary/aromatic N) is 2. The summed E-state index contributed by atoms with van der Waals surface area (Å²) in [5.41, 5.74) is 0. The first-order valence-corrected chi connectivity index (χ1v) is 6.59. The van der Waals surface area contributed by atoms with E-state index in [1.54, 1.807) is 17.7 Å². The molecule has 2 heterocycles. The van der Waals surface area contributed by atoms with Crippen molar-refractivity contribution in [3.8, 4) is 0 Å². The van der Waals surface area contributed by atoms with Crippen LogP contribution >= 0.6 is 11.3 Å². The molecule has 1 aliphatic carbocycles. The highest BCUT2D eigenvalue weighted by atomic mass is 32.1. The van der Waals surface area contributed by atoms with Crippen LogP contribution in [0.1, 0.15) is 24.1 Å². The number of hydrogen-bond acceptors (Lipinski definition) is 4. The molecule has 0 aliphatic heterocycles. The fourth-order valence-corrected chi connectivity index (χ4v) is 2.90. The zero-order valence-electron chi connectivity index (χ0n) is 9.36. The van der Waals surface area contributed by atoms with Crippen LogP contribution in [0.4, 0.5) is 5.82 Å². The summed E-state index contributed by atoms with van der Waals surface area (Å²) in [4.78, 5) is 11.0. The van der Waals surface area contributed by atoms with Gasteiger partial charge in [0.25, 0.3) is 0 Å². The van der Waals surface area contributed by atoms with E-state index in [2.05, 4.69) is 28.3 Å². The lowest BCUT2D eigenvalue weighted by Gasteiger charge is -2.25. The number of anilines is 1. The monoisotopic (exact) mass is 233 g/mol. The number of fused-ring (bicyclic) bond motifs is 1. The number of hydrogen-bond donors (Lipinski definition) is 1. The van der Waals surface area contributed by atoms with E-state index in [4.69, 9.17) is 0 Å². The average molecular weight is 233 g/mol. The van der Waals surface area contributed by atoms with Gasteiger partial charge in [-0.3, -0.25) is 0 Å². The lowest BCUT2D eigenvalue weighted by molar-refractivity contribution is 0.333. The van der Waals surface area contributed by atoms with Gasteiger partial charge in [0.05, 0.1) is 5.39 Å². The highest BCUT2D eigenvalue weighted by molar-refractivity contribution is 7.18. The molecular formula is C12H15N3S. The highest BCUT2D eigenvalue weighted by Gasteiger charge is 2.17. The third kappa shape index (κ3) is 1.78. The van der Waals surface area contributed by atoms with E-state index >= 15 is 0 Å². The molecule has 1 aliphatic rings. The molecule has 1 N–H and O–H groups in total. The molecule has 0 spiro atoms. The van der Waals surface area contributed by atoms with E-state index < -0.39 is 0 Å². The largest absolute Gasteiger partial charge is 0.369 e. The Hall–Kier alpha value is -1.16. The van der Waals surface area contributed by atoms with Crippen LogP contribution < -0.4 is 5.32 Å². The maximum absolute atomic E-state index is 4.34. The van der Waals surface area contributed by atoms with Gasteiger partial charge in [0.1, 0.15) is 17.0 Å². The third-order valence-corrected chi connectivity index (χ3v) is 4.19. The van der Waals surface area contributed by atoms with Crippen molar-refractivity contribution in [2.75, 3.05) is 11.9 Å². The topological polar surface area (TPSA) is 37.8 Å². The van der Waals surface area contributed by atoms with Crippen LogP contribution in [0, 0.1) is 12.8 Å². The molecule has 1 saturated carbocycles. The van der Waals surface area contributed by atoms with Gasteiger partial charge in [-0.15, -0.1) is 11.3 Å². The fraction of sp³-hybridized carbons (Fsp3) is 0.500. The summed E-state index contributed by atoms with van der Waals surface area (Å²) in [6.07, 6.45) is 5.78. The molecule has 3 nitrogen and oxygen atoms in total. The van der Waals surface area contributed by atoms with Gasteiger partial charge < -0.3 is 5.32 Å². The quantitative estimate of drug-likeness (QED) is 0.884. The summed E-state index contributed by atoms with van der Waals surface area (Å²) in [5, 5.41) is 4.63. The lowest BCUT2D eigenvalue weighted by Crippen LogP contribution is -2.21. The molecule has 0 bridgehead atoms. The molecule has 16 heavy (non-hydrogen) atoms. The molecule has 2 aromatic rings. The standard InChI is InChI=1S/C12H15N3S/c1-8-5-10-11(13-6-9-3-2-4-9)14-7-15-12(10)16-8/h5,7,9H,2-4,6H2,1H3,(H,13,14,15). The Morgan fingerprint density at radius 2 is 2.31 bits per heavy atom. The van der Waals surface area contributed by atoms with Gasteiger partial charge in [0.15, 0.2) is 0 Å². The van der Waals surface area contributed by atoms with E-state index in [0.717, 1.165) is 23.1 Å². The van der Waals surface area contributed by atoms with Crippen molar-refractivity contribution in [1.29, 1.82) is 0 Å². The van der Waals surface area contributed by atoms with E-state index in [9.17, 15) is 0 Å². The van der Waals surface area contributed by atoms with Gasteiger partial charge in [-0.05, 0) is 31.7 Å². The smallest absolute Gasteiger partial charge is 0.138 e. The van der Waals surface area contributed by atoms with Crippen molar-refractivity contribution in [2.45, 2.75) is 26.2 Å². The number of nitrogens with one attached hydrogen (secondary N) is 1. The Balaban J connectivity index is 1.84. The van der Waals surface area contributed by atoms with Crippen LogP contribution in [0.2, 0.25) is 0 Å². The molecule has 3 rings (SSSR count). The summed E-state index contributed by atoms with van der Waals surface area (Å²) in [6.45, 7) is 3.17. The molecule has 0 atom stereocenters. The summed E-state index contributed by atoms with van der Waals surface area (Å²) in [7, 11) is 0. The number of aromatic nitrogens is 2. The second-order valence-electron chi connectivity index (χ2n) is 4.48. The van der Waals surface area contributed by atoms with Crippen LogP contribution in [-0.4, -0.2) is 16.5 Å². The molecule has 1 fully saturated rings. The Morgan fingerprint density at radius 3 is 3.06 bits per heavy atom. The van der Waals surface area contributed by atoms with Crippen molar-refractivity contribution in [1.82, 2.24) is 9.97 Å². The molecule has 0 unspecified atom stereocenters. The predicted molar refractivity (Wildman–Crippen MR) is 68.0 cm³/mol. The molecule has 0 amide bonds. The average Bonchev–Trinajstić information content (AvgIpc) is 2.56. The van der Waals surface area contributed by atoms with Gasteiger partial charge in [-0.25, -0.2) is 9.97 Å². The first kappa shape index (κ1) is 10.0. The van der Waals surface area contributed by atoms with Crippen molar-refractivity contribution in [2.24, 2.45) is 5.92 Å².